The van der Waals surface area contributed by atoms with Crippen molar-refractivity contribution in [3.8, 4) is 11.5 Å². The fraction of sp³-hybridized carbons (Fsp3) is 0.0385. The van der Waals surface area contributed by atoms with Crippen LogP contribution in [0.2, 0.25) is 0 Å². The molecule has 0 fully saturated rings. The van der Waals surface area contributed by atoms with Crippen LogP contribution in [0.25, 0.3) is 34.5 Å². The average Bonchev–Trinajstić information content (AvgIpc) is 2.79. The quantitative estimate of drug-likeness (QED) is 0.441. The lowest BCUT2D eigenvalue weighted by molar-refractivity contribution is 0.102. The maximum absolute atomic E-state index is 12.9. The smallest absolute Gasteiger partial charge is 0.347 e. The SMILES string of the molecule is C=Cc1ccc(C(=O)Nc2ccccc2-c2nc3c(C)cccc3c(=O)o2)cc1C=C.[HH]. The highest BCUT2D eigenvalue weighted by Gasteiger charge is 2.16. The molecule has 0 aliphatic carbocycles. The van der Waals surface area contributed by atoms with Gasteiger partial charge in [0, 0.05) is 6.99 Å². The molecule has 1 aromatic heterocycles. The number of aromatic nitrogens is 1. The number of hydrogen-bond acceptors (Lipinski definition) is 4. The zero-order valence-electron chi connectivity index (χ0n) is 17.0. The molecule has 0 aliphatic rings. The number of rotatable bonds is 5. The fourth-order valence-corrected chi connectivity index (χ4v) is 3.41. The first-order valence-electron chi connectivity index (χ1n) is 9.72. The third kappa shape index (κ3) is 3.81. The van der Waals surface area contributed by atoms with Crippen LogP contribution in [-0.4, -0.2) is 10.9 Å². The summed E-state index contributed by atoms with van der Waals surface area (Å²) in [6, 6.07) is 17.7. The monoisotopic (exact) mass is 410 g/mol. The van der Waals surface area contributed by atoms with Crippen molar-refractivity contribution in [2.75, 3.05) is 5.32 Å². The summed E-state index contributed by atoms with van der Waals surface area (Å²) >= 11 is 0. The van der Waals surface area contributed by atoms with Crippen molar-refractivity contribution in [1.82, 2.24) is 4.98 Å². The van der Waals surface area contributed by atoms with E-state index in [4.69, 9.17) is 4.42 Å². The maximum Gasteiger partial charge on any atom is 0.347 e. The molecular weight excluding hydrogens is 388 g/mol. The Morgan fingerprint density at radius 2 is 1.81 bits per heavy atom. The topological polar surface area (TPSA) is 72.2 Å². The van der Waals surface area contributed by atoms with Crippen LogP contribution in [0.3, 0.4) is 0 Å². The second-order valence-electron chi connectivity index (χ2n) is 7.03. The molecule has 4 aromatic rings. The molecule has 1 heterocycles. The van der Waals surface area contributed by atoms with E-state index < -0.39 is 5.63 Å². The van der Waals surface area contributed by atoms with Crippen LogP contribution in [0.5, 0.6) is 0 Å². The van der Waals surface area contributed by atoms with E-state index in [1.165, 1.54) is 0 Å². The Bertz CT molecular complexity index is 1410. The molecule has 0 saturated heterocycles. The van der Waals surface area contributed by atoms with Gasteiger partial charge < -0.3 is 9.73 Å². The Balaban J connectivity index is 0.00000289. The number of nitrogens with one attached hydrogen (secondary N) is 1. The van der Waals surface area contributed by atoms with Gasteiger partial charge in [-0.3, -0.25) is 4.79 Å². The summed E-state index contributed by atoms with van der Waals surface area (Å²) in [5.74, 6) is -0.151. The van der Waals surface area contributed by atoms with Gasteiger partial charge in [0.2, 0.25) is 5.89 Å². The number of fused-ring (bicyclic) bond motifs is 1. The Labute approximate surface area is 180 Å². The number of carbonyl (C=O) groups is 1. The lowest BCUT2D eigenvalue weighted by Gasteiger charge is -2.11. The fourth-order valence-electron chi connectivity index (χ4n) is 3.41. The number of amides is 1. The van der Waals surface area contributed by atoms with Gasteiger partial charge in [0.05, 0.1) is 22.2 Å². The van der Waals surface area contributed by atoms with Crippen LogP contribution < -0.4 is 10.9 Å². The minimum atomic E-state index is -0.472. The van der Waals surface area contributed by atoms with E-state index in [9.17, 15) is 9.59 Å². The minimum Gasteiger partial charge on any atom is -0.403 e. The van der Waals surface area contributed by atoms with E-state index in [1.807, 2.05) is 19.1 Å². The largest absolute Gasteiger partial charge is 0.403 e. The summed E-state index contributed by atoms with van der Waals surface area (Å²) in [5, 5.41) is 3.32. The van der Waals surface area contributed by atoms with Crippen LogP contribution in [0.15, 0.2) is 83.0 Å². The van der Waals surface area contributed by atoms with Gasteiger partial charge in [-0.05, 0) is 53.9 Å². The van der Waals surface area contributed by atoms with Gasteiger partial charge in [-0.25, -0.2) is 9.78 Å². The molecule has 0 spiro atoms. The van der Waals surface area contributed by atoms with Gasteiger partial charge >= 0.3 is 5.63 Å². The first kappa shape index (κ1) is 20.0. The van der Waals surface area contributed by atoms with E-state index in [-0.39, 0.29) is 13.2 Å². The van der Waals surface area contributed by atoms with Gasteiger partial charge in [0.25, 0.3) is 5.91 Å². The summed E-state index contributed by atoms with van der Waals surface area (Å²) < 4.78 is 5.48. The molecule has 0 saturated carbocycles. The Hall–Kier alpha value is -4.25. The lowest BCUT2D eigenvalue weighted by atomic mass is 10.0. The van der Waals surface area contributed by atoms with Crippen molar-refractivity contribution in [2.24, 2.45) is 0 Å². The maximum atomic E-state index is 12.9. The van der Waals surface area contributed by atoms with E-state index in [0.717, 1.165) is 16.7 Å². The summed E-state index contributed by atoms with van der Waals surface area (Å²) in [6.45, 7) is 9.44. The number of benzene rings is 3. The molecule has 0 aliphatic heterocycles. The van der Waals surface area contributed by atoms with Gasteiger partial charge in [0.15, 0.2) is 0 Å². The van der Waals surface area contributed by atoms with Crippen molar-refractivity contribution in [3.05, 3.63) is 106 Å². The Kier molecular flexibility index (Phi) is 5.33. The van der Waals surface area contributed by atoms with E-state index in [1.54, 1.807) is 60.7 Å². The average molecular weight is 410 g/mol. The number of hydrogen-bond donors (Lipinski definition) is 1. The third-order valence-corrected chi connectivity index (χ3v) is 5.05. The standard InChI is InChI=1S/C26H20N2O3.H2/c1-4-17-13-14-19(15-18(17)5-2)24(29)27-22-12-7-6-10-20(22)25-28-23-16(3)9-8-11-21(23)26(30)31-25;/h4-15H,1-2H2,3H3,(H,27,29);1H. The van der Waals surface area contributed by atoms with Gasteiger partial charge in [-0.15, -0.1) is 0 Å². The number of carbonyl (C=O) groups excluding carboxylic acids is 1. The first-order chi connectivity index (χ1) is 15.0. The molecular formula is C26H22N2O3. The van der Waals surface area contributed by atoms with Gasteiger partial charge in [-0.2, -0.15) is 0 Å². The molecule has 154 valence electrons. The Morgan fingerprint density at radius 3 is 2.58 bits per heavy atom. The molecule has 5 nitrogen and oxygen atoms in total. The molecule has 1 N–H and O–H groups in total. The normalized spacial score (nSPS) is 10.6. The summed E-state index contributed by atoms with van der Waals surface area (Å²) in [7, 11) is 0. The zero-order valence-corrected chi connectivity index (χ0v) is 17.0. The van der Waals surface area contributed by atoms with Crippen molar-refractivity contribution in [1.29, 1.82) is 0 Å². The predicted octanol–water partition coefficient (Wildman–Crippen LogP) is 5.95. The van der Waals surface area contributed by atoms with Crippen molar-refractivity contribution in [3.63, 3.8) is 0 Å². The molecule has 3 aromatic carbocycles. The molecule has 0 atom stereocenters. The van der Waals surface area contributed by atoms with E-state index in [0.29, 0.717) is 27.7 Å². The third-order valence-electron chi connectivity index (χ3n) is 5.05. The molecule has 1 amide bonds. The highest BCUT2D eigenvalue weighted by molar-refractivity contribution is 6.06. The minimum absolute atomic E-state index is 0. The number of anilines is 1. The van der Waals surface area contributed by atoms with Crippen LogP contribution in [0, 0.1) is 6.92 Å². The zero-order chi connectivity index (χ0) is 22.0. The number of para-hydroxylation sites is 2. The van der Waals surface area contributed by atoms with E-state index in [2.05, 4.69) is 23.5 Å². The van der Waals surface area contributed by atoms with Gasteiger partial charge in [0.1, 0.15) is 0 Å². The Morgan fingerprint density at radius 1 is 1.03 bits per heavy atom. The van der Waals surface area contributed by atoms with E-state index >= 15 is 0 Å². The highest BCUT2D eigenvalue weighted by atomic mass is 16.4. The first-order valence-corrected chi connectivity index (χ1v) is 9.72. The molecule has 31 heavy (non-hydrogen) atoms. The van der Waals surface area contributed by atoms with Crippen LogP contribution in [-0.2, 0) is 0 Å². The number of nitrogens with zero attached hydrogens (tertiary/aromatic N) is 1. The second kappa shape index (κ2) is 8.24. The molecule has 0 unspecified atom stereocenters. The number of aryl methyl sites for hydroxylation is 1. The highest BCUT2D eigenvalue weighted by Crippen LogP contribution is 2.28. The van der Waals surface area contributed by atoms with Crippen LogP contribution in [0.1, 0.15) is 28.5 Å². The molecule has 0 bridgehead atoms. The lowest BCUT2D eigenvalue weighted by Crippen LogP contribution is -2.13. The van der Waals surface area contributed by atoms with Gasteiger partial charge in [-0.1, -0.05) is 55.6 Å². The summed E-state index contributed by atoms with van der Waals surface area (Å²) in [6.07, 6.45) is 3.39. The molecule has 0 radical (unpaired) electrons. The molecule has 5 heteroatoms. The predicted molar refractivity (Wildman–Crippen MR) is 127 cm³/mol. The second-order valence-corrected chi connectivity index (χ2v) is 7.03. The summed E-state index contributed by atoms with van der Waals surface area (Å²) in [5.41, 5.74) is 4.16. The molecule has 4 rings (SSSR count). The summed E-state index contributed by atoms with van der Waals surface area (Å²) in [4.78, 5) is 30.0. The van der Waals surface area contributed by atoms with Crippen molar-refractivity contribution in [2.45, 2.75) is 6.92 Å². The van der Waals surface area contributed by atoms with Crippen LogP contribution in [0.4, 0.5) is 5.69 Å². The van der Waals surface area contributed by atoms with Crippen LogP contribution >= 0.6 is 0 Å². The van der Waals surface area contributed by atoms with Crippen molar-refractivity contribution < 1.29 is 10.6 Å². The van der Waals surface area contributed by atoms with Crippen molar-refractivity contribution >= 4 is 34.6 Å².